The number of fused-ring (bicyclic) bond motifs is 1. The van der Waals surface area contributed by atoms with Crippen molar-refractivity contribution < 1.29 is 9.53 Å². The first kappa shape index (κ1) is 10.4. The van der Waals surface area contributed by atoms with E-state index >= 15 is 0 Å². The van der Waals surface area contributed by atoms with Crippen LogP contribution in [0, 0.1) is 17.8 Å². The van der Waals surface area contributed by atoms with Crippen LogP contribution in [0.15, 0.2) is 30.3 Å². The van der Waals surface area contributed by atoms with Crippen molar-refractivity contribution in [2.24, 2.45) is 17.8 Å². The summed E-state index contributed by atoms with van der Waals surface area (Å²) in [6.45, 7) is 0. The Labute approximate surface area is 114 Å². The molecule has 0 N–H and O–H groups in total. The molecule has 1 saturated heterocycles. The van der Waals surface area contributed by atoms with Gasteiger partial charge in [0.1, 0.15) is 6.10 Å². The average molecular weight is 340 g/mol. The molecule has 17 heavy (non-hydrogen) atoms. The van der Waals surface area contributed by atoms with E-state index in [1.807, 2.05) is 6.07 Å². The van der Waals surface area contributed by atoms with Crippen molar-refractivity contribution in [3.05, 3.63) is 35.9 Å². The molecule has 3 aliphatic rings. The SMILES string of the molecule is O=C1O[C@@H]2[C@H](I)[C@@H]3C[C@H]2[C@@H]1[C@H]3c1ccccc1. The number of carbonyl (C=O) groups is 1. The van der Waals surface area contributed by atoms with Gasteiger partial charge in [0.25, 0.3) is 0 Å². The molecule has 88 valence electrons. The maximum atomic E-state index is 12.0. The van der Waals surface area contributed by atoms with Crippen LogP contribution in [-0.4, -0.2) is 16.0 Å². The van der Waals surface area contributed by atoms with Crippen molar-refractivity contribution in [1.82, 2.24) is 0 Å². The summed E-state index contributed by atoms with van der Waals surface area (Å²) < 4.78 is 6.06. The van der Waals surface area contributed by atoms with Crippen LogP contribution in [0.4, 0.5) is 0 Å². The van der Waals surface area contributed by atoms with Crippen LogP contribution in [0.5, 0.6) is 0 Å². The van der Waals surface area contributed by atoms with Crippen molar-refractivity contribution in [2.75, 3.05) is 0 Å². The molecule has 1 aliphatic heterocycles. The first-order chi connectivity index (χ1) is 8.27. The minimum atomic E-state index is 0.0514. The molecule has 0 aromatic heterocycles. The van der Waals surface area contributed by atoms with Gasteiger partial charge in [0, 0.05) is 11.8 Å². The molecule has 0 amide bonds. The predicted octanol–water partition coefficient (Wildman–Crippen LogP) is 2.77. The van der Waals surface area contributed by atoms with E-state index in [0.29, 0.717) is 21.7 Å². The second-order valence-electron chi connectivity index (χ2n) is 5.37. The molecule has 4 rings (SSSR count). The fraction of sp³-hybridized carbons (Fsp3) is 0.500. The van der Waals surface area contributed by atoms with E-state index in [4.69, 9.17) is 4.74 Å². The molecule has 1 heterocycles. The number of halogens is 1. The lowest BCUT2D eigenvalue weighted by molar-refractivity contribution is -0.143. The van der Waals surface area contributed by atoms with E-state index in [2.05, 4.69) is 46.9 Å². The smallest absolute Gasteiger partial charge is 0.310 e. The van der Waals surface area contributed by atoms with Gasteiger partial charge < -0.3 is 4.74 Å². The number of hydrogen-bond acceptors (Lipinski definition) is 2. The first-order valence-corrected chi connectivity index (χ1v) is 7.41. The molecule has 2 saturated carbocycles. The molecule has 3 heteroatoms. The lowest BCUT2D eigenvalue weighted by Crippen LogP contribution is -2.32. The quantitative estimate of drug-likeness (QED) is 0.446. The Bertz CT molecular complexity index is 472. The second kappa shape index (κ2) is 3.46. The summed E-state index contributed by atoms with van der Waals surface area (Å²) in [6, 6.07) is 10.5. The van der Waals surface area contributed by atoms with Gasteiger partial charge in [-0.2, -0.15) is 0 Å². The number of alkyl halides is 1. The molecule has 0 unspecified atom stereocenters. The largest absolute Gasteiger partial charge is 0.461 e. The summed E-state index contributed by atoms with van der Waals surface area (Å²) in [7, 11) is 0. The zero-order valence-electron chi connectivity index (χ0n) is 9.25. The summed E-state index contributed by atoms with van der Waals surface area (Å²) in [5, 5.41) is 0. The van der Waals surface area contributed by atoms with E-state index in [1.165, 1.54) is 12.0 Å². The molecular formula is C14H13IO2. The Morgan fingerprint density at radius 1 is 1.12 bits per heavy atom. The van der Waals surface area contributed by atoms with Crippen molar-refractivity contribution in [3.8, 4) is 0 Å². The fourth-order valence-electron chi connectivity index (χ4n) is 4.10. The summed E-state index contributed by atoms with van der Waals surface area (Å²) in [6.07, 6.45) is 1.38. The third kappa shape index (κ3) is 1.23. The second-order valence-corrected chi connectivity index (χ2v) is 6.81. The monoisotopic (exact) mass is 340 g/mol. The van der Waals surface area contributed by atoms with Crippen molar-refractivity contribution in [2.45, 2.75) is 22.4 Å². The molecule has 2 aliphatic carbocycles. The third-order valence-electron chi connectivity index (χ3n) is 4.71. The van der Waals surface area contributed by atoms with Crippen molar-refractivity contribution >= 4 is 28.6 Å². The topological polar surface area (TPSA) is 26.3 Å². The van der Waals surface area contributed by atoms with Gasteiger partial charge in [-0.15, -0.1) is 0 Å². The van der Waals surface area contributed by atoms with Crippen LogP contribution in [0.2, 0.25) is 0 Å². The summed E-state index contributed by atoms with van der Waals surface area (Å²) in [4.78, 5) is 12.0. The molecule has 0 radical (unpaired) electrons. The molecule has 0 spiro atoms. The number of hydrogen-bond donors (Lipinski definition) is 0. The molecular weight excluding hydrogens is 327 g/mol. The maximum absolute atomic E-state index is 12.0. The van der Waals surface area contributed by atoms with Crippen molar-refractivity contribution in [1.29, 1.82) is 0 Å². The summed E-state index contributed by atoms with van der Waals surface area (Å²) in [5.74, 6) is 1.70. The van der Waals surface area contributed by atoms with Crippen LogP contribution < -0.4 is 0 Å². The highest BCUT2D eigenvalue weighted by Gasteiger charge is 2.65. The third-order valence-corrected chi connectivity index (χ3v) is 6.34. The molecule has 2 bridgehead atoms. The number of esters is 1. The minimum Gasteiger partial charge on any atom is -0.461 e. The highest BCUT2D eigenvalue weighted by Crippen LogP contribution is 2.63. The number of benzene rings is 1. The highest BCUT2D eigenvalue weighted by molar-refractivity contribution is 14.1. The lowest BCUT2D eigenvalue weighted by Gasteiger charge is -2.28. The molecule has 3 fully saturated rings. The molecule has 1 aromatic rings. The molecule has 1 aromatic carbocycles. The van der Waals surface area contributed by atoms with E-state index < -0.39 is 0 Å². The van der Waals surface area contributed by atoms with Gasteiger partial charge in [0.05, 0.1) is 9.84 Å². The van der Waals surface area contributed by atoms with Gasteiger partial charge in [-0.25, -0.2) is 0 Å². The van der Waals surface area contributed by atoms with Crippen molar-refractivity contribution in [3.63, 3.8) is 0 Å². The van der Waals surface area contributed by atoms with E-state index in [0.717, 1.165) is 0 Å². The van der Waals surface area contributed by atoms with Crippen LogP contribution in [0.1, 0.15) is 17.9 Å². The standard InChI is InChI=1S/C14H13IO2/c15-12-8-6-9-11(14(16)17-13(9)12)10(8)7-4-2-1-3-5-7/h1-5,8-13H,6H2/t8-,9+,10+,11-,12-,13+/m1/s1. The van der Waals surface area contributed by atoms with Gasteiger partial charge >= 0.3 is 5.97 Å². The average Bonchev–Trinajstić information content (AvgIpc) is 2.94. The highest BCUT2D eigenvalue weighted by atomic mass is 127. The minimum absolute atomic E-state index is 0.0514. The number of rotatable bonds is 1. The Hall–Kier alpha value is -0.580. The Balaban J connectivity index is 1.80. The van der Waals surface area contributed by atoms with Gasteiger partial charge in [-0.05, 0) is 17.9 Å². The van der Waals surface area contributed by atoms with Gasteiger partial charge in [0.2, 0.25) is 0 Å². The van der Waals surface area contributed by atoms with Crippen LogP contribution in [-0.2, 0) is 9.53 Å². The van der Waals surface area contributed by atoms with E-state index in [1.54, 1.807) is 0 Å². The normalized spacial score (nSPS) is 46.3. The Kier molecular flexibility index (Phi) is 2.11. The first-order valence-electron chi connectivity index (χ1n) is 6.17. The van der Waals surface area contributed by atoms with Gasteiger partial charge in [-0.3, -0.25) is 4.79 Å². The lowest BCUT2D eigenvalue weighted by atomic mass is 9.76. The van der Waals surface area contributed by atoms with Crippen LogP contribution in [0.25, 0.3) is 0 Å². The Morgan fingerprint density at radius 2 is 1.88 bits per heavy atom. The predicted molar refractivity (Wildman–Crippen MR) is 72.0 cm³/mol. The fourth-order valence-corrected chi connectivity index (χ4v) is 5.52. The molecule has 6 atom stereocenters. The zero-order valence-corrected chi connectivity index (χ0v) is 11.4. The van der Waals surface area contributed by atoms with Crippen LogP contribution >= 0.6 is 22.6 Å². The van der Waals surface area contributed by atoms with Gasteiger partial charge in [0.15, 0.2) is 0 Å². The molecule has 2 nitrogen and oxygen atoms in total. The van der Waals surface area contributed by atoms with E-state index in [-0.39, 0.29) is 18.0 Å². The number of ether oxygens (including phenoxy) is 1. The maximum Gasteiger partial charge on any atom is 0.310 e. The zero-order chi connectivity index (χ0) is 11.6. The Morgan fingerprint density at radius 3 is 2.65 bits per heavy atom. The van der Waals surface area contributed by atoms with Gasteiger partial charge in [-0.1, -0.05) is 52.9 Å². The van der Waals surface area contributed by atoms with Crippen LogP contribution in [0.3, 0.4) is 0 Å². The summed E-state index contributed by atoms with van der Waals surface area (Å²) >= 11 is 2.49. The van der Waals surface area contributed by atoms with E-state index in [9.17, 15) is 4.79 Å². The number of carbonyl (C=O) groups excluding carboxylic acids is 1. The summed E-state index contributed by atoms with van der Waals surface area (Å²) in [5.41, 5.74) is 1.32.